The first kappa shape index (κ1) is 21.3. The zero-order valence-electron chi connectivity index (χ0n) is 16.1. The molecule has 0 unspecified atom stereocenters. The standard InChI is InChI=1S/C22H15ClFN3O2S2/c1-29-19-9-4-13(11-17(19)24)18-12-30-22(26-18)27-20(28)16-3-2-10-25-21(16)31-15-7-5-14(23)6-8-15/h2-12H,1H3,(H,26,27,28). The van der Waals surface area contributed by atoms with E-state index in [9.17, 15) is 9.18 Å². The average Bonchev–Trinajstić information content (AvgIpc) is 3.24. The van der Waals surface area contributed by atoms with E-state index in [1.807, 2.05) is 12.1 Å². The van der Waals surface area contributed by atoms with Crippen LogP contribution in [0.25, 0.3) is 11.3 Å². The lowest BCUT2D eigenvalue weighted by molar-refractivity contribution is 0.102. The van der Waals surface area contributed by atoms with Gasteiger partial charge < -0.3 is 4.74 Å². The van der Waals surface area contributed by atoms with E-state index in [4.69, 9.17) is 16.3 Å². The van der Waals surface area contributed by atoms with E-state index in [0.29, 0.717) is 32.0 Å². The van der Waals surface area contributed by atoms with Crippen molar-refractivity contribution in [3.05, 3.63) is 82.6 Å². The van der Waals surface area contributed by atoms with E-state index in [1.165, 1.54) is 42.3 Å². The lowest BCUT2D eigenvalue weighted by Crippen LogP contribution is -2.13. The van der Waals surface area contributed by atoms with Crippen molar-refractivity contribution in [1.82, 2.24) is 9.97 Å². The van der Waals surface area contributed by atoms with Gasteiger partial charge in [-0.15, -0.1) is 11.3 Å². The van der Waals surface area contributed by atoms with Crippen LogP contribution in [-0.4, -0.2) is 23.0 Å². The van der Waals surface area contributed by atoms with Crippen LogP contribution in [0.1, 0.15) is 10.4 Å². The molecule has 9 heteroatoms. The Hall–Kier alpha value is -2.94. The minimum Gasteiger partial charge on any atom is -0.494 e. The van der Waals surface area contributed by atoms with E-state index in [2.05, 4.69) is 15.3 Å². The maximum absolute atomic E-state index is 14.0. The van der Waals surface area contributed by atoms with Crippen molar-refractivity contribution in [2.24, 2.45) is 0 Å². The second-order valence-electron chi connectivity index (χ2n) is 6.25. The molecule has 0 radical (unpaired) electrons. The van der Waals surface area contributed by atoms with Crippen LogP contribution in [0.15, 0.2) is 76.1 Å². The van der Waals surface area contributed by atoms with Gasteiger partial charge in [0.15, 0.2) is 16.7 Å². The van der Waals surface area contributed by atoms with Crippen LogP contribution >= 0.6 is 34.7 Å². The molecular formula is C22H15ClFN3O2S2. The molecule has 4 aromatic rings. The Kier molecular flexibility index (Phi) is 6.50. The summed E-state index contributed by atoms with van der Waals surface area (Å²) >= 11 is 8.56. The SMILES string of the molecule is COc1ccc(-c2csc(NC(=O)c3cccnc3Sc3ccc(Cl)cc3)n2)cc1F. The van der Waals surface area contributed by atoms with Gasteiger partial charge in [-0.3, -0.25) is 10.1 Å². The molecule has 31 heavy (non-hydrogen) atoms. The first-order valence-electron chi connectivity index (χ1n) is 9.02. The predicted molar refractivity (Wildman–Crippen MR) is 122 cm³/mol. The third kappa shape index (κ3) is 5.04. The van der Waals surface area contributed by atoms with Gasteiger partial charge in [-0.05, 0) is 54.6 Å². The highest BCUT2D eigenvalue weighted by Crippen LogP contribution is 2.31. The average molecular weight is 472 g/mol. The van der Waals surface area contributed by atoms with E-state index in [0.717, 1.165) is 4.90 Å². The zero-order valence-corrected chi connectivity index (χ0v) is 18.5. The molecule has 2 heterocycles. The summed E-state index contributed by atoms with van der Waals surface area (Å²) in [4.78, 5) is 22.5. The summed E-state index contributed by atoms with van der Waals surface area (Å²) in [5, 5.41) is 6.16. The van der Waals surface area contributed by atoms with Crippen molar-refractivity contribution >= 4 is 45.7 Å². The normalized spacial score (nSPS) is 10.7. The predicted octanol–water partition coefficient (Wildman–Crippen LogP) is 6.41. The highest BCUT2D eigenvalue weighted by Gasteiger charge is 2.16. The quantitative estimate of drug-likeness (QED) is 0.352. The number of nitrogens with one attached hydrogen (secondary N) is 1. The summed E-state index contributed by atoms with van der Waals surface area (Å²) < 4.78 is 18.9. The summed E-state index contributed by atoms with van der Waals surface area (Å²) in [5.41, 5.74) is 1.58. The van der Waals surface area contributed by atoms with Gasteiger partial charge in [0.05, 0.1) is 18.4 Å². The molecule has 1 N–H and O–H groups in total. The lowest BCUT2D eigenvalue weighted by Gasteiger charge is -2.07. The van der Waals surface area contributed by atoms with Crippen molar-refractivity contribution in [3.8, 4) is 17.0 Å². The lowest BCUT2D eigenvalue weighted by atomic mass is 10.1. The van der Waals surface area contributed by atoms with Gasteiger partial charge >= 0.3 is 0 Å². The van der Waals surface area contributed by atoms with E-state index in [-0.39, 0.29) is 11.7 Å². The van der Waals surface area contributed by atoms with Crippen LogP contribution in [0.4, 0.5) is 9.52 Å². The number of nitrogens with zero attached hydrogens (tertiary/aromatic N) is 2. The van der Waals surface area contributed by atoms with E-state index >= 15 is 0 Å². The van der Waals surface area contributed by atoms with Gasteiger partial charge in [0.1, 0.15) is 5.03 Å². The summed E-state index contributed by atoms with van der Waals surface area (Å²) in [6, 6.07) is 15.3. The number of thiazole rings is 1. The van der Waals surface area contributed by atoms with Crippen LogP contribution in [0.2, 0.25) is 5.02 Å². The summed E-state index contributed by atoms with van der Waals surface area (Å²) in [7, 11) is 1.41. The number of anilines is 1. The highest BCUT2D eigenvalue weighted by atomic mass is 35.5. The van der Waals surface area contributed by atoms with E-state index in [1.54, 1.807) is 41.9 Å². The molecule has 4 rings (SSSR count). The van der Waals surface area contributed by atoms with E-state index < -0.39 is 5.82 Å². The number of amides is 1. The second kappa shape index (κ2) is 9.47. The number of hydrogen-bond acceptors (Lipinski definition) is 6. The van der Waals surface area contributed by atoms with Crippen molar-refractivity contribution in [3.63, 3.8) is 0 Å². The smallest absolute Gasteiger partial charge is 0.260 e. The number of hydrogen-bond donors (Lipinski definition) is 1. The fourth-order valence-electron chi connectivity index (χ4n) is 2.71. The number of benzene rings is 2. The Balaban J connectivity index is 1.52. The molecule has 0 spiro atoms. The number of methoxy groups -OCH3 is 1. The fourth-order valence-corrected chi connectivity index (χ4v) is 4.43. The van der Waals surface area contributed by atoms with Crippen molar-refractivity contribution in [1.29, 1.82) is 0 Å². The maximum Gasteiger partial charge on any atom is 0.260 e. The summed E-state index contributed by atoms with van der Waals surface area (Å²) in [5.74, 6) is -0.640. The fraction of sp³-hybridized carbons (Fsp3) is 0.0455. The van der Waals surface area contributed by atoms with Crippen LogP contribution in [0, 0.1) is 5.82 Å². The topological polar surface area (TPSA) is 64.1 Å². The number of rotatable bonds is 6. The second-order valence-corrected chi connectivity index (χ2v) is 8.61. The molecule has 2 aromatic carbocycles. The van der Waals surface area contributed by atoms with Gasteiger partial charge in [0, 0.05) is 27.1 Å². The third-order valence-corrected chi connectivity index (χ3v) is 6.25. The Labute approximate surface area is 191 Å². The molecule has 156 valence electrons. The molecule has 0 atom stereocenters. The first-order valence-corrected chi connectivity index (χ1v) is 11.1. The Bertz CT molecular complexity index is 1230. The first-order chi connectivity index (χ1) is 15.0. The molecule has 0 aliphatic carbocycles. The van der Waals surface area contributed by atoms with Crippen molar-refractivity contribution < 1.29 is 13.9 Å². The number of pyridine rings is 1. The highest BCUT2D eigenvalue weighted by molar-refractivity contribution is 7.99. The van der Waals surface area contributed by atoms with Crippen LogP contribution in [0.3, 0.4) is 0 Å². The molecule has 0 bridgehead atoms. The molecule has 0 saturated carbocycles. The van der Waals surface area contributed by atoms with Gasteiger partial charge in [0.2, 0.25) is 0 Å². The number of ether oxygens (including phenoxy) is 1. The number of carbonyl (C=O) groups excluding carboxylic acids is 1. The third-order valence-electron chi connectivity index (χ3n) is 4.22. The molecule has 5 nitrogen and oxygen atoms in total. The van der Waals surface area contributed by atoms with Crippen LogP contribution < -0.4 is 10.1 Å². The van der Waals surface area contributed by atoms with Crippen molar-refractivity contribution in [2.75, 3.05) is 12.4 Å². The van der Waals surface area contributed by atoms with Gasteiger partial charge in [-0.1, -0.05) is 23.4 Å². The molecular weight excluding hydrogens is 457 g/mol. The zero-order chi connectivity index (χ0) is 21.8. The monoisotopic (exact) mass is 471 g/mol. The minimum absolute atomic E-state index is 0.162. The molecule has 1 amide bonds. The molecule has 0 fully saturated rings. The molecule has 0 aliphatic heterocycles. The number of halogens is 2. The number of carbonyl (C=O) groups is 1. The van der Waals surface area contributed by atoms with Gasteiger partial charge in [-0.2, -0.15) is 0 Å². The molecule has 2 aromatic heterocycles. The maximum atomic E-state index is 14.0. The number of aromatic nitrogens is 2. The van der Waals surface area contributed by atoms with Crippen LogP contribution in [-0.2, 0) is 0 Å². The molecule has 0 aliphatic rings. The van der Waals surface area contributed by atoms with Crippen LogP contribution in [0.5, 0.6) is 5.75 Å². The Morgan fingerprint density at radius 1 is 1.19 bits per heavy atom. The Morgan fingerprint density at radius 2 is 2.00 bits per heavy atom. The molecule has 0 saturated heterocycles. The van der Waals surface area contributed by atoms with Gasteiger partial charge in [-0.25, -0.2) is 14.4 Å². The van der Waals surface area contributed by atoms with Gasteiger partial charge in [0.25, 0.3) is 5.91 Å². The Morgan fingerprint density at radius 3 is 2.74 bits per heavy atom. The summed E-state index contributed by atoms with van der Waals surface area (Å²) in [6.45, 7) is 0. The minimum atomic E-state index is -0.474. The summed E-state index contributed by atoms with van der Waals surface area (Å²) in [6.07, 6.45) is 1.63. The largest absolute Gasteiger partial charge is 0.494 e. The van der Waals surface area contributed by atoms with Crippen molar-refractivity contribution in [2.45, 2.75) is 9.92 Å².